The Morgan fingerprint density at radius 2 is 1.93 bits per heavy atom. The topological polar surface area (TPSA) is 234 Å². The fraction of sp³-hybridized carbons (Fsp3) is 0.615. The van der Waals surface area contributed by atoms with Crippen LogP contribution in [0.3, 0.4) is 0 Å². The number of aldehydes is 1. The maximum atomic E-state index is 14.7. The molecule has 17 heteroatoms. The summed E-state index contributed by atoms with van der Waals surface area (Å²) < 4.78 is 20.1. The van der Waals surface area contributed by atoms with E-state index in [0.29, 0.717) is 66.4 Å². The lowest BCUT2D eigenvalue weighted by molar-refractivity contribution is -0.202. The van der Waals surface area contributed by atoms with E-state index < -0.39 is 47.3 Å². The van der Waals surface area contributed by atoms with Gasteiger partial charge in [-0.05, 0) is 106 Å². The summed E-state index contributed by atoms with van der Waals surface area (Å²) in [5.74, 6) is -0.817. The van der Waals surface area contributed by atoms with Crippen molar-refractivity contribution in [2.24, 2.45) is 41.2 Å². The molecule has 4 aliphatic heterocycles. The summed E-state index contributed by atoms with van der Waals surface area (Å²) >= 11 is 0. The van der Waals surface area contributed by atoms with Gasteiger partial charge in [0.2, 0.25) is 5.91 Å². The number of hydrogen-bond acceptors (Lipinski definition) is 16. The number of aliphatic hydroxyl groups is 4. The van der Waals surface area contributed by atoms with Gasteiger partial charge in [-0.25, -0.2) is 9.59 Å². The first-order valence-electron chi connectivity index (χ1n) is 24.6. The number of nitrogens with two attached hydrogens (primary N) is 1. The molecule has 1 spiro atoms. The quantitative estimate of drug-likeness (QED) is 0.0307. The molecule has 0 radical (unpaired) electrons. The number of nitrogens with zero attached hydrogens (tertiary/aromatic N) is 1. The Morgan fingerprint density at radius 1 is 1.14 bits per heavy atom. The second kappa shape index (κ2) is 21.3. The molecule has 8 rings (SSSR count). The largest absolute Gasteiger partial charge is 0.481 e. The summed E-state index contributed by atoms with van der Waals surface area (Å²) in [5, 5.41) is 49.7. The van der Waals surface area contributed by atoms with Crippen LogP contribution in [0, 0.1) is 35.5 Å². The second-order valence-corrected chi connectivity index (χ2v) is 23.2. The van der Waals surface area contributed by atoms with Crippen LogP contribution in [0.15, 0.2) is 73.8 Å². The van der Waals surface area contributed by atoms with Gasteiger partial charge in [-0.15, -0.1) is 0 Å². The minimum absolute atomic E-state index is 0.0134. The molecule has 6 aliphatic rings. The molecule has 0 bridgehead atoms. The third-order valence-corrected chi connectivity index (χ3v) is 18.7. The number of benzene rings is 1. The number of carbonyl (C=O) groups is 3. The first kappa shape index (κ1) is 51.3. The molecule has 5 heterocycles. The van der Waals surface area contributed by atoms with Crippen molar-refractivity contribution in [2.75, 3.05) is 45.7 Å². The highest BCUT2D eigenvalue weighted by Gasteiger charge is 2.67. The van der Waals surface area contributed by atoms with Crippen molar-refractivity contribution in [3.8, 4) is 5.75 Å². The van der Waals surface area contributed by atoms with E-state index in [4.69, 9.17) is 19.6 Å². The van der Waals surface area contributed by atoms with E-state index in [0.717, 1.165) is 35.0 Å². The van der Waals surface area contributed by atoms with E-state index in [1.54, 1.807) is 53.6 Å². The third-order valence-electron chi connectivity index (χ3n) is 15.9. The summed E-state index contributed by atoms with van der Waals surface area (Å²) in [6.45, 7) is 7.67. The Balaban J connectivity index is 1.23. The molecule has 1 saturated carbocycles. The predicted octanol–water partition coefficient (Wildman–Crippen LogP) is 4.48. The van der Waals surface area contributed by atoms with Crippen molar-refractivity contribution in [1.29, 1.82) is 0 Å². The van der Waals surface area contributed by atoms with Crippen LogP contribution in [-0.2, 0) is 32.0 Å². The molecule has 1 amide bonds. The van der Waals surface area contributed by atoms with Crippen LogP contribution in [0.5, 0.6) is 5.75 Å². The SMILES string of the molecule is C/C=C(\CCO)C(=O)O[C@]1(C)[C@@H](CO)C=C2CSS[C@@H]3C[C@H](C=O)[C@H](NC)[C@H]4CN(C(=O)CC5=C(C=C(N)NC5)[C@H]2[C@]12Cc1cc5cc(C[C@H](CO)CC[C@H](O)CCC(C)C)c(=O)oc5cc1O2)[C@H]43. The van der Waals surface area contributed by atoms with Crippen LogP contribution in [0.1, 0.15) is 83.8 Å². The van der Waals surface area contributed by atoms with Crippen molar-refractivity contribution in [1.82, 2.24) is 15.5 Å². The number of ether oxygens (including phenoxy) is 2. The molecule has 2 aliphatic carbocycles. The standard InChI is InChI=1S/C52H70N4O11S2/c1-6-30(11-12-57)50(64)67-51(4)37(26-60)16-36-27-68-69-43-17-35(25-59)47(54-5)40-23-56(48(40)43)45(62)18-34-22-55-44(53)19-39(34)46(36)52(51)21-33-15-31-14-32(49(63)65-41(31)20-42(33)66-52)13-29(24-58)8-10-38(61)9-7-28(2)3/h6,14-16,19-20,25,28-29,35,37-38,40,43,46-48,54-55,57-58,60-61H,7-13,17-18,21-24,26-27,53H2,1-5H3/b30-6+/t29-,35-,37-,38-,40-,43-,46+,47+,48-,51-,52-/m1/s1. The van der Waals surface area contributed by atoms with Crippen LogP contribution in [0.2, 0.25) is 0 Å². The Bertz CT molecular complexity index is 2470. The van der Waals surface area contributed by atoms with Crippen molar-refractivity contribution in [3.05, 3.63) is 86.1 Å². The number of amides is 1. The summed E-state index contributed by atoms with van der Waals surface area (Å²) in [7, 11) is 5.19. The summed E-state index contributed by atoms with van der Waals surface area (Å²) in [4.78, 5) is 57.1. The number of carbonyl (C=O) groups excluding carboxylic acids is 3. The maximum absolute atomic E-state index is 14.7. The Labute approximate surface area is 412 Å². The number of hydrogen-bond donors (Lipinski definition) is 7. The first-order chi connectivity index (χ1) is 33.1. The van der Waals surface area contributed by atoms with Crippen LogP contribution < -0.4 is 26.7 Å². The van der Waals surface area contributed by atoms with E-state index in [9.17, 15) is 39.6 Å². The van der Waals surface area contributed by atoms with E-state index in [1.807, 2.05) is 30.2 Å². The molecule has 1 saturated heterocycles. The van der Waals surface area contributed by atoms with Crippen LogP contribution >= 0.6 is 21.6 Å². The zero-order chi connectivity index (χ0) is 49.4. The van der Waals surface area contributed by atoms with Gasteiger partial charge in [0.05, 0.1) is 36.9 Å². The van der Waals surface area contributed by atoms with Gasteiger partial charge in [0, 0.05) is 96.5 Å². The minimum Gasteiger partial charge on any atom is -0.481 e. The normalized spacial score (nSPS) is 30.9. The molecular formula is C52H70N4O11S2. The fourth-order valence-electron chi connectivity index (χ4n) is 12.1. The minimum atomic E-state index is -1.59. The number of esters is 1. The maximum Gasteiger partial charge on any atom is 0.339 e. The predicted molar refractivity (Wildman–Crippen MR) is 267 cm³/mol. The highest BCUT2D eigenvalue weighted by molar-refractivity contribution is 8.77. The first-order valence-corrected chi connectivity index (χ1v) is 27.0. The van der Waals surface area contributed by atoms with Crippen molar-refractivity contribution in [3.63, 3.8) is 0 Å². The summed E-state index contributed by atoms with van der Waals surface area (Å²) in [5.41, 5.74) is 7.14. The molecule has 69 heavy (non-hydrogen) atoms. The van der Waals surface area contributed by atoms with Gasteiger partial charge in [0.15, 0.2) is 11.2 Å². The molecule has 2 fully saturated rings. The van der Waals surface area contributed by atoms with Crippen LogP contribution in [0.25, 0.3) is 11.0 Å². The molecular weight excluding hydrogens is 921 g/mol. The van der Waals surface area contributed by atoms with Crippen molar-refractivity contribution in [2.45, 2.75) is 120 Å². The van der Waals surface area contributed by atoms with Gasteiger partial charge in [0.1, 0.15) is 17.6 Å². The number of allylic oxidation sites excluding steroid dienone is 2. The Morgan fingerprint density at radius 3 is 2.62 bits per heavy atom. The molecule has 8 N–H and O–H groups in total. The summed E-state index contributed by atoms with van der Waals surface area (Å²) in [6.07, 6.45) is 9.77. The monoisotopic (exact) mass is 990 g/mol. The molecule has 1 aromatic heterocycles. The molecule has 376 valence electrons. The molecule has 1 aromatic carbocycles. The van der Waals surface area contributed by atoms with Gasteiger partial charge in [-0.3, -0.25) is 4.79 Å². The fourth-order valence-corrected chi connectivity index (χ4v) is 15.2. The molecule has 0 unspecified atom stereocenters. The number of fused-ring (bicyclic) bond motifs is 5. The van der Waals surface area contributed by atoms with Gasteiger partial charge in [0.25, 0.3) is 0 Å². The molecule has 15 nitrogen and oxygen atoms in total. The molecule has 2 aromatic rings. The lowest BCUT2D eigenvalue weighted by atomic mass is 9.57. The van der Waals surface area contributed by atoms with Gasteiger partial charge in [-0.1, -0.05) is 53.2 Å². The zero-order valence-electron chi connectivity index (χ0n) is 40.4. The third kappa shape index (κ3) is 9.82. The lowest BCUT2D eigenvalue weighted by Gasteiger charge is -2.59. The van der Waals surface area contributed by atoms with Crippen LogP contribution in [-0.4, -0.2) is 124 Å². The lowest BCUT2D eigenvalue weighted by Crippen LogP contribution is -2.71. The van der Waals surface area contributed by atoms with Gasteiger partial charge < -0.3 is 60.4 Å². The van der Waals surface area contributed by atoms with E-state index in [1.165, 1.54) is 0 Å². The number of rotatable bonds is 16. The number of dihydropyridines is 1. The van der Waals surface area contributed by atoms with E-state index in [-0.39, 0.29) is 97.6 Å². The average molecular weight is 991 g/mol. The van der Waals surface area contributed by atoms with Crippen LogP contribution in [0.4, 0.5) is 0 Å². The average Bonchev–Trinajstić information content (AvgIpc) is 3.68. The van der Waals surface area contributed by atoms with Gasteiger partial charge >= 0.3 is 11.6 Å². The summed E-state index contributed by atoms with van der Waals surface area (Å²) in [6, 6.07) is 5.31. The van der Waals surface area contributed by atoms with Crippen molar-refractivity contribution < 1.29 is 48.7 Å². The van der Waals surface area contributed by atoms with E-state index >= 15 is 0 Å². The zero-order valence-corrected chi connectivity index (χ0v) is 42.0. The molecule has 11 atom stereocenters. The Hall–Kier alpha value is -4.10. The Kier molecular flexibility index (Phi) is 15.8. The number of aliphatic hydroxyl groups excluding tert-OH is 4. The highest BCUT2D eigenvalue weighted by Crippen LogP contribution is 2.59. The van der Waals surface area contributed by atoms with Gasteiger partial charge in [-0.2, -0.15) is 0 Å². The number of nitrogens with one attached hydrogen (secondary N) is 2. The second-order valence-electron chi connectivity index (χ2n) is 20.6. The van der Waals surface area contributed by atoms with Crippen molar-refractivity contribution >= 4 is 50.7 Å². The smallest absolute Gasteiger partial charge is 0.339 e. The highest BCUT2D eigenvalue weighted by atomic mass is 33.1. The van der Waals surface area contributed by atoms with E-state index in [2.05, 4.69) is 24.5 Å².